The van der Waals surface area contributed by atoms with Gasteiger partial charge in [-0.3, -0.25) is 9.59 Å². The van der Waals surface area contributed by atoms with E-state index in [0.29, 0.717) is 22.6 Å². The molecule has 234 valence electrons. The zero-order valence-electron chi connectivity index (χ0n) is 25.8. The van der Waals surface area contributed by atoms with E-state index in [9.17, 15) is 9.59 Å². The lowest BCUT2D eigenvalue weighted by Gasteiger charge is -2.34. The van der Waals surface area contributed by atoms with Gasteiger partial charge in [-0.1, -0.05) is 12.1 Å². The standard InChI is InChI=1S/C36H37N7O3/c1-41-16-18-42(19-17-41)30-11-6-27(7-12-30)36(45)38-29-10-15-32-33(24-29)40-34(39-32)25-2-4-26(5-3-25)35(44)37-28-8-13-31(14-9-28)43-20-22-46-23-21-43/h2-15,24H,16-23H2,1H3,(H,37,44)(H,38,45)(H,39,40). The average Bonchev–Trinajstić information content (AvgIpc) is 3.53. The molecule has 4 aromatic carbocycles. The number of likely N-dealkylation sites (N-methyl/N-ethyl adjacent to an activating group) is 1. The molecule has 2 aliphatic rings. The Balaban J connectivity index is 0.971. The maximum Gasteiger partial charge on any atom is 0.255 e. The van der Waals surface area contributed by atoms with Gasteiger partial charge in [0.05, 0.1) is 24.2 Å². The number of fused-ring (bicyclic) bond motifs is 1. The molecule has 2 fully saturated rings. The third kappa shape index (κ3) is 6.58. The molecule has 3 heterocycles. The molecule has 0 spiro atoms. The highest BCUT2D eigenvalue weighted by Crippen LogP contribution is 2.25. The molecule has 0 radical (unpaired) electrons. The maximum absolute atomic E-state index is 13.0. The number of benzene rings is 4. The minimum absolute atomic E-state index is 0.161. The fraction of sp³-hybridized carbons (Fsp3) is 0.250. The predicted molar refractivity (Wildman–Crippen MR) is 183 cm³/mol. The SMILES string of the molecule is CN1CCN(c2ccc(C(=O)Nc3ccc4nc(-c5ccc(C(=O)Nc6ccc(N7CCOCC7)cc6)cc5)[nH]c4c3)cc2)CC1. The average molecular weight is 616 g/mol. The highest BCUT2D eigenvalue weighted by Gasteiger charge is 2.16. The van der Waals surface area contributed by atoms with Crippen LogP contribution in [0.5, 0.6) is 0 Å². The van der Waals surface area contributed by atoms with E-state index < -0.39 is 0 Å². The van der Waals surface area contributed by atoms with Crippen molar-refractivity contribution < 1.29 is 14.3 Å². The first-order chi connectivity index (χ1) is 22.5. The number of nitrogens with zero attached hydrogens (tertiary/aromatic N) is 4. The summed E-state index contributed by atoms with van der Waals surface area (Å²) in [6.07, 6.45) is 0. The summed E-state index contributed by atoms with van der Waals surface area (Å²) in [5, 5.41) is 5.98. The van der Waals surface area contributed by atoms with Gasteiger partial charge in [-0.2, -0.15) is 0 Å². The quantitative estimate of drug-likeness (QED) is 0.228. The Kier molecular flexibility index (Phi) is 8.37. The van der Waals surface area contributed by atoms with Gasteiger partial charge in [0.2, 0.25) is 0 Å². The van der Waals surface area contributed by atoms with Crippen molar-refractivity contribution in [2.75, 3.05) is 80.0 Å². The number of aromatic amines is 1. The Hall–Kier alpha value is -5.19. The van der Waals surface area contributed by atoms with E-state index in [0.717, 1.165) is 86.1 Å². The molecule has 7 rings (SSSR count). The number of carbonyl (C=O) groups excluding carboxylic acids is 2. The number of morpholine rings is 1. The second-order valence-corrected chi connectivity index (χ2v) is 11.8. The van der Waals surface area contributed by atoms with Crippen molar-refractivity contribution in [1.29, 1.82) is 0 Å². The number of imidazole rings is 1. The molecule has 10 nitrogen and oxygen atoms in total. The Morgan fingerprint density at radius 1 is 0.674 bits per heavy atom. The van der Waals surface area contributed by atoms with E-state index in [1.807, 2.05) is 78.9 Å². The highest BCUT2D eigenvalue weighted by atomic mass is 16.5. The number of aromatic nitrogens is 2. The Bertz CT molecular complexity index is 1820. The summed E-state index contributed by atoms with van der Waals surface area (Å²) in [6.45, 7) is 7.24. The number of carbonyl (C=O) groups is 2. The molecule has 2 saturated heterocycles. The van der Waals surface area contributed by atoms with E-state index >= 15 is 0 Å². The Morgan fingerprint density at radius 2 is 1.22 bits per heavy atom. The van der Waals surface area contributed by atoms with Crippen molar-refractivity contribution in [3.8, 4) is 11.4 Å². The van der Waals surface area contributed by atoms with Gasteiger partial charge >= 0.3 is 0 Å². The van der Waals surface area contributed by atoms with E-state index in [2.05, 4.69) is 37.4 Å². The molecule has 5 aromatic rings. The van der Waals surface area contributed by atoms with Crippen molar-refractivity contribution in [2.45, 2.75) is 0 Å². The van der Waals surface area contributed by atoms with Gasteiger partial charge in [-0.15, -0.1) is 0 Å². The number of amides is 2. The number of anilines is 4. The summed E-state index contributed by atoms with van der Waals surface area (Å²) in [5.74, 6) is 0.346. The van der Waals surface area contributed by atoms with Crippen molar-refractivity contribution in [2.24, 2.45) is 0 Å². The lowest BCUT2D eigenvalue weighted by Crippen LogP contribution is -2.44. The zero-order valence-corrected chi connectivity index (χ0v) is 25.8. The second-order valence-electron chi connectivity index (χ2n) is 11.8. The Labute approximate surface area is 268 Å². The molecule has 10 heteroatoms. The number of ether oxygens (including phenoxy) is 1. The molecule has 0 saturated carbocycles. The van der Waals surface area contributed by atoms with Crippen molar-refractivity contribution >= 4 is 45.6 Å². The molecule has 0 atom stereocenters. The summed E-state index contributed by atoms with van der Waals surface area (Å²) >= 11 is 0. The number of hydrogen-bond donors (Lipinski definition) is 3. The van der Waals surface area contributed by atoms with Crippen LogP contribution in [0, 0.1) is 0 Å². The second kappa shape index (κ2) is 13.0. The van der Waals surface area contributed by atoms with Gasteiger partial charge in [0.15, 0.2) is 0 Å². The molecule has 2 amide bonds. The number of hydrogen-bond acceptors (Lipinski definition) is 7. The van der Waals surface area contributed by atoms with Gasteiger partial charge in [-0.05, 0) is 85.9 Å². The first kappa shape index (κ1) is 29.5. The van der Waals surface area contributed by atoms with E-state index in [4.69, 9.17) is 9.72 Å². The fourth-order valence-corrected chi connectivity index (χ4v) is 5.88. The van der Waals surface area contributed by atoms with E-state index in [1.165, 1.54) is 0 Å². The molecular weight excluding hydrogens is 578 g/mol. The lowest BCUT2D eigenvalue weighted by atomic mass is 10.1. The first-order valence-corrected chi connectivity index (χ1v) is 15.7. The summed E-state index contributed by atoms with van der Waals surface area (Å²) in [4.78, 5) is 40.9. The minimum atomic E-state index is -0.176. The number of piperazine rings is 1. The number of H-pyrrole nitrogens is 1. The molecule has 46 heavy (non-hydrogen) atoms. The maximum atomic E-state index is 13.0. The van der Waals surface area contributed by atoms with Gasteiger partial charge in [0.25, 0.3) is 11.8 Å². The highest BCUT2D eigenvalue weighted by molar-refractivity contribution is 6.05. The topological polar surface area (TPSA) is 106 Å². The normalized spacial score (nSPS) is 15.6. The summed E-state index contributed by atoms with van der Waals surface area (Å²) in [6, 6.07) is 28.6. The summed E-state index contributed by atoms with van der Waals surface area (Å²) in [7, 11) is 2.14. The van der Waals surface area contributed by atoms with Crippen molar-refractivity contribution in [3.63, 3.8) is 0 Å². The van der Waals surface area contributed by atoms with Gasteiger partial charge < -0.3 is 35.1 Å². The van der Waals surface area contributed by atoms with Crippen LogP contribution in [0.15, 0.2) is 91.0 Å². The molecular formula is C36H37N7O3. The van der Waals surface area contributed by atoms with Crippen LogP contribution in [0.1, 0.15) is 20.7 Å². The van der Waals surface area contributed by atoms with Crippen LogP contribution in [0.3, 0.4) is 0 Å². The summed E-state index contributed by atoms with van der Waals surface area (Å²) in [5.41, 5.74) is 7.29. The molecule has 2 aliphatic heterocycles. The van der Waals surface area contributed by atoms with Crippen LogP contribution in [0.25, 0.3) is 22.4 Å². The first-order valence-electron chi connectivity index (χ1n) is 15.7. The minimum Gasteiger partial charge on any atom is -0.378 e. The van der Waals surface area contributed by atoms with Crippen molar-refractivity contribution in [3.05, 3.63) is 102 Å². The fourth-order valence-electron chi connectivity index (χ4n) is 5.88. The number of nitrogens with one attached hydrogen (secondary N) is 3. The van der Waals surface area contributed by atoms with Crippen LogP contribution in [-0.2, 0) is 4.74 Å². The van der Waals surface area contributed by atoms with Gasteiger partial charge in [-0.25, -0.2) is 4.98 Å². The van der Waals surface area contributed by atoms with Crippen LogP contribution in [0.4, 0.5) is 22.7 Å². The smallest absolute Gasteiger partial charge is 0.255 e. The van der Waals surface area contributed by atoms with E-state index in [-0.39, 0.29) is 11.8 Å². The third-order valence-corrected chi connectivity index (χ3v) is 8.66. The van der Waals surface area contributed by atoms with Gasteiger partial charge in [0.1, 0.15) is 5.82 Å². The molecule has 1 aromatic heterocycles. The predicted octanol–water partition coefficient (Wildman–Crippen LogP) is 5.32. The van der Waals surface area contributed by atoms with Gasteiger partial charge in [0, 0.05) is 78.7 Å². The van der Waals surface area contributed by atoms with E-state index in [1.54, 1.807) is 12.1 Å². The third-order valence-electron chi connectivity index (χ3n) is 8.66. The largest absolute Gasteiger partial charge is 0.378 e. The van der Waals surface area contributed by atoms with Crippen molar-refractivity contribution in [1.82, 2.24) is 14.9 Å². The van der Waals surface area contributed by atoms with Crippen LogP contribution in [-0.4, -0.2) is 86.2 Å². The van der Waals surface area contributed by atoms with Crippen LogP contribution >= 0.6 is 0 Å². The Morgan fingerprint density at radius 3 is 1.87 bits per heavy atom. The molecule has 0 unspecified atom stereocenters. The summed E-state index contributed by atoms with van der Waals surface area (Å²) < 4.78 is 5.43. The monoisotopic (exact) mass is 615 g/mol. The van der Waals surface area contributed by atoms with Crippen LogP contribution in [0.2, 0.25) is 0 Å². The van der Waals surface area contributed by atoms with Crippen LogP contribution < -0.4 is 20.4 Å². The number of rotatable bonds is 7. The lowest BCUT2D eigenvalue weighted by molar-refractivity contribution is 0.101. The molecule has 3 N–H and O–H groups in total. The molecule has 0 bridgehead atoms. The zero-order chi connectivity index (χ0) is 31.5. The molecule has 0 aliphatic carbocycles.